The molecule has 0 aliphatic heterocycles. The molecule has 0 saturated heterocycles. The van der Waals surface area contributed by atoms with Crippen LogP contribution in [-0.4, -0.2) is 39.3 Å². The van der Waals surface area contributed by atoms with Gasteiger partial charge in [-0.05, 0) is 36.8 Å². The number of hydrogen-bond acceptors (Lipinski definition) is 5. The number of benzene rings is 1. The Labute approximate surface area is 152 Å². The first-order valence-electron chi connectivity index (χ1n) is 7.72. The van der Waals surface area contributed by atoms with Crippen LogP contribution in [0.15, 0.2) is 41.4 Å². The van der Waals surface area contributed by atoms with Gasteiger partial charge in [0.15, 0.2) is 0 Å². The molecule has 138 valence electrons. The average molecular weight is 376 g/mol. The molecule has 0 radical (unpaired) electrons. The largest absolute Gasteiger partial charge is 0.354 e. The van der Waals surface area contributed by atoms with Crippen LogP contribution in [0, 0.1) is 6.92 Å². The molecule has 2 aromatic rings. The average Bonchev–Trinajstić information content (AvgIpc) is 2.61. The highest BCUT2D eigenvalue weighted by molar-refractivity contribution is 7.92. The van der Waals surface area contributed by atoms with Crippen LogP contribution in [0.3, 0.4) is 0 Å². The summed E-state index contributed by atoms with van der Waals surface area (Å²) in [5, 5.41) is 5.05. The van der Waals surface area contributed by atoms with Gasteiger partial charge >= 0.3 is 0 Å². The van der Waals surface area contributed by atoms with Gasteiger partial charge < -0.3 is 10.6 Å². The molecule has 26 heavy (non-hydrogen) atoms. The number of sulfonamides is 1. The molecule has 0 saturated carbocycles. The normalized spacial score (nSPS) is 10.9. The Morgan fingerprint density at radius 3 is 2.46 bits per heavy atom. The first-order valence-corrected chi connectivity index (χ1v) is 9.16. The maximum absolute atomic E-state index is 12.9. The van der Waals surface area contributed by atoms with Gasteiger partial charge in [0.05, 0.1) is 10.6 Å². The summed E-state index contributed by atoms with van der Waals surface area (Å²) in [7, 11) is -1.04. The Morgan fingerprint density at radius 1 is 1.15 bits per heavy atom. The molecule has 0 aliphatic rings. The monoisotopic (exact) mass is 376 g/mol. The molecule has 0 fully saturated rings. The number of hydrogen-bond donors (Lipinski definition) is 2. The van der Waals surface area contributed by atoms with E-state index in [2.05, 4.69) is 15.6 Å². The van der Waals surface area contributed by atoms with Crippen LogP contribution in [0.1, 0.15) is 23.0 Å². The van der Waals surface area contributed by atoms with Crippen molar-refractivity contribution in [3.8, 4) is 0 Å². The Kier molecular flexibility index (Phi) is 5.61. The lowest BCUT2D eigenvalue weighted by Gasteiger charge is -2.20. The second-order valence-corrected chi connectivity index (χ2v) is 7.58. The van der Waals surface area contributed by atoms with E-state index in [0.717, 1.165) is 9.87 Å². The Morgan fingerprint density at radius 2 is 1.85 bits per heavy atom. The molecule has 1 aromatic heterocycles. The number of rotatable bonds is 5. The number of pyridine rings is 1. The van der Waals surface area contributed by atoms with Crippen LogP contribution in [0.4, 0.5) is 11.4 Å². The number of carbonyl (C=O) groups excluding carboxylic acids is 2. The van der Waals surface area contributed by atoms with Crippen molar-refractivity contribution >= 4 is 33.2 Å². The Balaban J connectivity index is 2.44. The van der Waals surface area contributed by atoms with Crippen LogP contribution < -0.4 is 14.9 Å². The number of nitrogens with one attached hydrogen (secondary N) is 2. The van der Waals surface area contributed by atoms with Crippen molar-refractivity contribution in [2.45, 2.75) is 18.7 Å². The van der Waals surface area contributed by atoms with Gasteiger partial charge in [0, 0.05) is 32.9 Å². The van der Waals surface area contributed by atoms with Gasteiger partial charge in [-0.1, -0.05) is 6.07 Å². The third-order valence-corrected chi connectivity index (χ3v) is 5.53. The SMILES string of the molecule is CNC(=O)c1cc(N(C)S(=O)(=O)c2ccc(C)c(NC(C)=O)c2)ccn1. The van der Waals surface area contributed by atoms with E-state index in [1.165, 1.54) is 51.5 Å². The van der Waals surface area contributed by atoms with Crippen molar-refractivity contribution in [2.75, 3.05) is 23.7 Å². The fourth-order valence-electron chi connectivity index (χ4n) is 2.25. The van der Waals surface area contributed by atoms with E-state index >= 15 is 0 Å². The molecule has 1 aromatic carbocycles. The highest BCUT2D eigenvalue weighted by Crippen LogP contribution is 2.26. The molecular formula is C17H20N4O4S. The van der Waals surface area contributed by atoms with Gasteiger partial charge in [-0.3, -0.25) is 18.9 Å². The second kappa shape index (κ2) is 7.52. The molecule has 0 unspecified atom stereocenters. The number of aromatic nitrogens is 1. The summed E-state index contributed by atoms with van der Waals surface area (Å²) in [5.74, 6) is -0.707. The smallest absolute Gasteiger partial charge is 0.269 e. The van der Waals surface area contributed by atoms with Crippen molar-refractivity contribution in [3.05, 3.63) is 47.8 Å². The predicted molar refractivity (Wildman–Crippen MR) is 98.7 cm³/mol. The number of nitrogens with zero attached hydrogens (tertiary/aromatic N) is 2. The Bertz CT molecular complexity index is 957. The van der Waals surface area contributed by atoms with E-state index in [1.54, 1.807) is 13.0 Å². The zero-order chi connectivity index (χ0) is 19.5. The fraction of sp³-hybridized carbons (Fsp3) is 0.235. The summed E-state index contributed by atoms with van der Waals surface area (Å²) in [6.07, 6.45) is 1.36. The summed E-state index contributed by atoms with van der Waals surface area (Å²) < 4.78 is 26.9. The van der Waals surface area contributed by atoms with Gasteiger partial charge in [-0.15, -0.1) is 0 Å². The van der Waals surface area contributed by atoms with Gasteiger partial charge in [0.25, 0.3) is 15.9 Å². The van der Waals surface area contributed by atoms with Crippen molar-refractivity contribution < 1.29 is 18.0 Å². The van der Waals surface area contributed by atoms with Crippen molar-refractivity contribution in [3.63, 3.8) is 0 Å². The van der Waals surface area contributed by atoms with Gasteiger partial charge in [-0.2, -0.15) is 0 Å². The zero-order valence-corrected chi connectivity index (χ0v) is 15.7. The summed E-state index contributed by atoms with van der Waals surface area (Å²) >= 11 is 0. The summed E-state index contributed by atoms with van der Waals surface area (Å²) in [6.45, 7) is 3.12. The van der Waals surface area contributed by atoms with Crippen LogP contribution in [0.25, 0.3) is 0 Å². The van der Waals surface area contributed by atoms with E-state index in [9.17, 15) is 18.0 Å². The van der Waals surface area contributed by atoms with Crippen molar-refractivity contribution in [2.24, 2.45) is 0 Å². The lowest BCUT2D eigenvalue weighted by molar-refractivity contribution is -0.114. The molecule has 0 spiro atoms. The molecule has 0 aliphatic carbocycles. The van der Waals surface area contributed by atoms with Crippen LogP contribution >= 0.6 is 0 Å². The zero-order valence-electron chi connectivity index (χ0n) is 14.9. The number of aryl methyl sites for hydroxylation is 1. The molecule has 2 rings (SSSR count). The van der Waals surface area contributed by atoms with E-state index in [-0.39, 0.29) is 16.5 Å². The summed E-state index contributed by atoms with van der Waals surface area (Å²) in [5.41, 5.74) is 1.57. The van der Waals surface area contributed by atoms with E-state index in [4.69, 9.17) is 0 Å². The van der Waals surface area contributed by atoms with Gasteiger partial charge in [-0.25, -0.2) is 8.42 Å². The lowest BCUT2D eigenvalue weighted by atomic mass is 10.2. The number of carbonyl (C=O) groups is 2. The highest BCUT2D eigenvalue weighted by Gasteiger charge is 2.23. The molecular weight excluding hydrogens is 356 g/mol. The molecule has 8 nitrogen and oxygen atoms in total. The number of anilines is 2. The lowest BCUT2D eigenvalue weighted by Crippen LogP contribution is -2.27. The molecule has 0 bridgehead atoms. The third-order valence-electron chi connectivity index (χ3n) is 3.74. The fourth-order valence-corrected chi connectivity index (χ4v) is 3.46. The quantitative estimate of drug-likeness (QED) is 0.823. The van der Waals surface area contributed by atoms with Crippen LogP contribution in [0.5, 0.6) is 0 Å². The molecule has 2 amide bonds. The van der Waals surface area contributed by atoms with E-state index in [1.807, 2.05) is 0 Å². The number of amides is 2. The van der Waals surface area contributed by atoms with Crippen molar-refractivity contribution in [1.29, 1.82) is 0 Å². The first kappa shape index (κ1) is 19.4. The molecule has 2 N–H and O–H groups in total. The maximum atomic E-state index is 12.9. The topological polar surface area (TPSA) is 108 Å². The van der Waals surface area contributed by atoms with Gasteiger partial charge in [0.2, 0.25) is 5.91 Å². The summed E-state index contributed by atoms with van der Waals surface area (Å²) in [6, 6.07) is 7.37. The standard InChI is InChI=1S/C17H20N4O4S/c1-11-5-6-14(10-15(11)20-12(2)22)26(24,25)21(4)13-7-8-19-16(9-13)17(23)18-3/h5-10H,1-4H3,(H,18,23)(H,20,22). The highest BCUT2D eigenvalue weighted by atomic mass is 32.2. The minimum atomic E-state index is -3.89. The maximum Gasteiger partial charge on any atom is 0.269 e. The molecule has 9 heteroatoms. The van der Waals surface area contributed by atoms with E-state index < -0.39 is 15.9 Å². The predicted octanol–water partition coefficient (Wildman–Crippen LogP) is 1.53. The van der Waals surface area contributed by atoms with Gasteiger partial charge in [0.1, 0.15) is 5.69 Å². The molecule has 1 heterocycles. The Hall–Kier alpha value is -2.94. The van der Waals surface area contributed by atoms with Crippen LogP contribution in [-0.2, 0) is 14.8 Å². The molecule has 0 atom stereocenters. The van der Waals surface area contributed by atoms with E-state index in [0.29, 0.717) is 11.4 Å². The second-order valence-electron chi connectivity index (χ2n) is 5.61. The van der Waals surface area contributed by atoms with Crippen LogP contribution in [0.2, 0.25) is 0 Å². The third kappa shape index (κ3) is 3.99. The van der Waals surface area contributed by atoms with Crippen molar-refractivity contribution in [1.82, 2.24) is 10.3 Å². The minimum Gasteiger partial charge on any atom is -0.354 e. The minimum absolute atomic E-state index is 0.0210. The summed E-state index contributed by atoms with van der Waals surface area (Å²) in [4.78, 5) is 27.0. The first-order chi connectivity index (χ1) is 12.2.